The number of anilines is 1. The molecule has 2 heterocycles. The van der Waals surface area contributed by atoms with Crippen LogP contribution in [0.3, 0.4) is 0 Å². The minimum atomic E-state index is -0.460. The number of ether oxygens (including phenoxy) is 2. The molecule has 158 valence electrons. The Morgan fingerprint density at radius 1 is 1.21 bits per heavy atom. The third-order valence-electron chi connectivity index (χ3n) is 5.20. The Labute approximate surface area is 172 Å². The van der Waals surface area contributed by atoms with E-state index in [2.05, 4.69) is 10.3 Å². The van der Waals surface area contributed by atoms with E-state index in [0.717, 1.165) is 48.9 Å². The maximum atomic E-state index is 12.2. The molecule has 0 atom stereocenters. The number of pyridine rings is 2. The van der Waals surface area contributed by atoms with Crippen molar-refractivity contribution in [2.24, 2.45) is 5.92 Å². The van der Waals surface area contributed by atoms with Gasteiger partial charge in [0, 0.05) is 31.2 Å². The van der Waals surface area contributed by atoms with Crippen molar-refractivity contribution in [3.05, 3.63) is 24.4 Å². The number of nitrogens with zero attached hydrogens (tertiary/aromatic N) is 3. The Hall–Kier alpha value is -2.57. The van der Waals surface area contributed by atoms with Crippen LogP contribution < -0.4 is 10.1 Å². The average Bonchev–Trinajstić information content (AvgIpc) is 2.67. The minimum Gasteiger partial charge on any atom is -0.479 e. The zero-order chi connectivity index (χ0) is 21.0. The van der Waals surface area contributed by atoms with Crippen molar-refractivity contribution in [2.45, 2.75) is 58.1 Å². The number of fused-ring (bicyclic) bond motifs is 1. The Bertz CT molecular complexity index is 842. The summed E-state index contributed by atoms with van der Waals surface area (Å²) in [6.45, 7) is 6.41. The van der Waals surface area contributed by atoms with E-state index in [1.165, 1.54) is 0 Å². The highest BCUT2D eigenvalue weighted by atomic mass is 16.6. The molecule has 0 spiro atoms. The number of carbonyl (C=O) groups excluding carboxylic acids is 1. The number of aromatic nitrogens is 2. The number of rotatable bonds is 5. The summed E-state index contributed by atoms with van der Waals surface area (Å²) in [5.41, 5.74) is 0.311. The van der Waals surface area contributed by atoms with E-state index in [4.69, 9.17) is 14.5 Å². The van der Waals surface area contributed by atoms with Gasteiger partial charge in [0.15, 0.2) is 0 Å². The van der Waals surface area contributed by atoms with Crippen LogP contribution in [0.5, 0.6) is 5.88 Å². The van der Waals surface area contributed by atoms with Gasteiger partial charge in [0.05, 0.1) is 7.11 Å². The van der Waals surface area contributed by atoms with Gasteiger partial charge in [-0.25, -0.2) is 14.8 Å². The zero-order valence-corrected chi connectivity index (χ0v) is 18.1. The van der Waals surface area contributed by atoms with E-state index in [-0.39, 0.29) is 6.09 Å². The van der Waals surface area contributed by atoms with E-state index in [9.17, 15) is 4.79 Å². The molecule has 3 rings (SSSR count). The van der Waals surface area contributed by atoms with Crippen LogP contribution in [-0.4, -0.2) is 53.3 Å². The van der Waals surface area contributed by atoms with Gasteiger partial charge in [0.25, 0.3) is 0 Å². The molecule has 0 saturated heterocycles. The molecule has 1 aliphatic carbocycles. The van der Waals surface area contributed by atoms with Gasteiger partial charge in [-0.05, 0) is 70.6 Å². The van der Waals surface area contributed by atoms with E-state index >= 15 is 0 Å². The second-order valence-corrected chi connectivity index (χ2v) is 8.81. The van der Waals surface area contributed by atoms with Crippen LogP contribution in [0.2, 0.25) is 0 Å². The fraction of sp³-hybridized carbons (Fsp3) is 0.591. The molecular weight excluding hydrogens is 368 g/mol. The Morgan fingerprint density at radius 3 is 2.59 bits per heavy atom. The molecule has 1 fully saturated rings. The van der Waals surface area contributed by atoms with E-state index in [1.807, 2.05) is 46.0 Å². The SMILES string of the molecule is COc1nccc2ccc(NC3CCC(CN(C)C(=O)OC(C)(C)C)CC3)nc12. The van der Waals surface area contributed by atoms with E-state index in [1.54, 1.807) is 18.2 Å². The van der Waals surface area contributed by atoms with Gasteiger partial charge < -0.3 is 19.7 Å². The monoisotopic (exact) mass is 400 g/mol. The Morgan fingerprint density at radius 2 is 1.93 bits per heavy atom. The van der Waals surface area contributed by atoms with E-state index in [0.29, 0.717) is 17.8 Å². The molecule has 1 N–H and O–H groups in total. The van der Waals surface area contributed by atoms with E-state index < -0.39 is 5.60 Å². The number of hydrogen-bond acceptors (Lipinski definition) is 6. The third kappa shape index (κ3) is 5.71. The molecule has 7 nitrogen and oxygen atoms in total. The van der Waals surface area contributed by atoms with Gasteiger partial charge in [-0.2, -0.15) is 0 Å². The van der Waals surface area contributed by atoms with Gasteiger partial charge in [-0.1, -0.05) is 0 Å². The second kappa shape index (κ2) is 8.84. The lowest BCUT2D eigenvalue weighted by Crippen LogP contribution is -2.38. The topological polar surface area (TPSA) is 76.6 Å². The molecule has 2 aromatic rings. The lowest BCUT2D eigenvalue weighted by atomic mass is 9.85. The van der Waals surface area contributed by atoms with Gasteiger partial charge in [-0.3, -0.25) is 0 Å². The van der Waals surface area contributed by atoms with Crippen molar-refractivity contribution >= 4 is 22.8 Å². The van der Waals surface area contributed by atoms with Gasteiger partial charge in [0.1, 0.15) is 16.9 Å². The summed E-state index contributed by atoms with van der Waals surface area (Å²) in [6.07, 6.45) is 5.73. The molecule has 2 aromatic heterocycles. The Balaban J connectivity index is 1.52. The van der Waals surface area contributed by atoms with Crippen molar-refractivity contribution < 1.29 is 14.3 Å². The quantitative estimate of drug-likeness (QED) is 0.798. The number of methoxy groups -OCH3 is 1. The summed E-state index contributed by atoms with van der Waals surface area (Å²) in [4.78, 5) is 22.8. The normalized spacial score (nSPS) is 19.6. The fourth-order valence-corrected chi connectivity index (χ4v) is 3.75. The number of nitrogens with one attached hydrogen (secondary N) is 1. The molecule has 29 heavy (non-hydrogen) atoms. The molecule has 0 unspecified atom stereocenters. The summed E-state index contributed by atoms with van der Waals surface area (Å²) < 4.78 is 10.8. The first kappa shape index (κ1) is 21.1. The van der Waals surface area contributed by atoms with Gasteiger partial charge in [0.2, 0.25) is 5.88 Å². The molecule has 1 amide bonds. The number of carbonyl (C=O) groups is 1. The van der Waals surface area contributed by atoms with Crippen molar-refractivity contribution in [3.8, 4) is 5.88 Å². The summed E-state index contributed by atoms with van der Waals surface area (Å²) in [5.74, 6) is 1.89. The zero-order valence-electron chi connectivity index (χ0n) is 18.1. The van der Waals surface area contributed by atoms with Gasteiger partial charge >= 0.3 is 6.09 Å². The van der Waals surface area contributed by atoms with Gasteiger partial charge in [-0.15, -0.1) is 0 Å². The lowest BCUT2D eigenvalue weighted by Gasteiger charge is -2.32. The lowest BCUT2D eigenvalue weighted by molar-refractivity contribution is 0.0262. The summed E-state index contributed by atoms with van der Waals surface area (Å²) in [7, 11) is 3.43. The minimum absolute atomic E-state index is 0.249. The standard InChI is InChI=1S/C22H32N4O3/c1-22(2,3)29-21(27)26(4)14-15-6-9-17(10-7-15)24-18-11-8-16-12-13-23-20(28-5)19(16)25-18/h8,11-13,15,17H,6-7,9-10,14H2,1-5H3,(H,24,25). The number of amides is 1. The van der Waals surface area contributed by atoms with Crippen LogP contribution in [0.15, 0.2) is 24.4 Å². The summed E-state index contributed by atoms with van der Waals surface area (Å²) in [6, 6.07) is 6.35. The van der Waals surface area contributed by atoms with Crippen molar-refractivity contribution in [1.29, 1.82) is 0 Å². The molecule has 0 radical (unpaired) electrons. The molecule has 0 aliphatic heterocycles. The van der Waals surface area contributed by atoms with Crippen LogP contribution in [-0.2, 0) is 4.74 Å². The first-order chi connectivity index (χ1) is 13.7. The predicted octanol–water partition coefficient (Wildman–Crippen LogP) is 4.48. The summed E-state index contributed by atoms with van der Waals surface area (Å²) in [5, 5.41) is 4.56. The maximum absolute atomic E-state index is 12.2. The molecular formula is C22H32N4O3. The number of hydrogen-bond donors (Lipinski definition) is 1. The molecule has 0 bridgehead atoms. The first-order valence-corrected chi connectivity index (χ1v) is 10.3. The highest BCUT2D eigenvalue weighted by molar-refractivity contribution is 5.84. The summed E-state index contributed by atoms with van der Waals surface area (Å²) >= 11 is 0. The first-order valence-electron chi connectivity index (χ1n) is 10.3. The average molecular weight is 401 g/mol. The smallest absolute Gasteiger partial charge is 0.410 e. The highest BCUT2D eigenvalue weighted by Crippen LogP contribution is 2.28. The molecule has 1 aliphatic rings. The van der Waals surface area contributed by atoms with Crippen LogP contribution in [0.25, 0.3) is 10.9 Å². The third-order valence-corrected chi connectivity index (χ3v) is 5.20. The van der Waals surface area contributed by atoms with Crippen LogP contribution >= 0.6 is 0 Å². The van der Waals surface area contributed by atoms with Crippen LogP contribution in [0.1, 0.15) is 46.5 Å². The maximum Gasteiger partial charge on any atom is 0.410 e. The largest absolute Gasteiger partial charge is 0.479 e. The van der Waals surface area contributed by atoms with Crippen LogP contribution in [0, 0.1) is 5.92 Å². The predicted molar refractivity (Wildman–Crippen MR) is 114 cm³/mol. The molecule has 1 saturated carbocycles. The highest BCUT2D eigenvalue weighted by Gasteiger charge is 2.26. The Kier molecular flexibility index (Phi) is 6.45. The molecule has 0 aromatic carbocycles. The molecule has 7 heteroatoms. The van der Waals surface area contributed by atoms with Crippen molar-refractivity contribution in [3.63, 3.8) is 0 Å². The van der Waals surface area contributed by atoms with Crippen molar-refractivity contribution in [2.75, 3.05) is 26.0 Å². The second-order valence-electron chi connectivity index (χ2n) is 8.81. The van der Waals surface area contributed by atoms with Crippen molar-refractivity contribution in [1.82, 2.24) is 14.9 Å². The van der Waals surface area contributed by atoms with Crippen LogP contribution in [0.4, 0.5) is 10.6 Å². The fourth-order valence-electron chi connectivity index (χ4n) is 3.75.